The van der Waals surface area contributed by atoms with E-state index in [4.69, 9.17) is 0 Å². The van der Waals surface area contributed by atoms with Gasteiger partial charge < -0.3 is 15.0 Å². The van der Waals surface area contributed by atoms with E-state index in [9.17, 15) is 14.3 Å². The predicted molar refractivity (Wildman–Crippen MR) is 81.7 cm³/mol. The number of carbonyl (C=O) groups is 1. The molecular weight excluding hydrogens is 283 g/mol. The van der Waals surface area contributed by atoms with Gasteiger partial charge in [0.1, 0.15) is 12.3 Å². The van der Waals surface area contributed by atoms with Crippen LogP contribution in [0.5, 0.6) is 0 Å². The lowest BCUT2D eigenvalue weighted by atomic mass is 9.95. The average molecular weight is 302 g/mol. The van der Waals surface area contributed by atoms with Crippen LogP contribution in [0.25, 0.3) is 10.9 Å². The van der Waals surface area contributed by atoms with Gasteiger partial charge in [0.2, 0.25) is 0 Å². The first kappa shape index (κ1) is 13.8. The van der Waals surface area contributed by atoms with Crippen LogP contribution in [0.3, 0.4) is 0 Å². The molecule has 1 aromatic carbocycles. The molecule has 1 aliphatic heterocycles. The van der Waals surface area contributed by atoms with Gasteiger partial charge in [-0.3, -0.25) is 4.79 Å². The number of aliphatic hydroxyl groups excluding tert-OH is 1. The number of carbonyl (C=O) groups excluding carboxylic acids is 1. The molecule has 0 bridgehead atoms. The molecule has 1 aliphatic carbocycles. The zero-order valence-electron chi connectivity index (χ0n) is 12.3. The van der Waals surface area contributed by atoms with Crippen molar-refractivity contribution in [2.45, 2.75) is 38.0 Å². The number of amides is 1. The molecule has 0 spiro atoms. The number of fused-ring (bicyclic) bond motifs is 3. The van der Waals surface area contributed by atoms with Gasteiger partial charge in [-0.25, -0.2) is 4.39 Å². The topological polar surface area (TPSA) is 56.3 Å². The van der Waals surface area contributed by atoms with Gasteiger partial charge in [-0.1, -0.05) is 6.07 Å². The smallest absolute Gasteiger partial charge is 0.254 e. The Hall–Kier alpha value is -1.88. The Morgan fingerprint density at radius 3 is 2.86 bits per heavy atom. The minimum atomic E-state index is -1.34. The summed E-state index contributed by atoms with van der Waals surface area (Å²) in [6, 6.07) is 5.65. The van der Waals surface area contributed by atoms with E-state index in [0.29, 0.717) is 5.56 Å². The number of H-pyrrole nitrogens is 1. The Morgan fingerprint density at radius 2 is 2.09 bits per heavy atom. The third kappa shape index (κ3) is 2.11. The fourth-order valence-electron chi connectivity index (χ4n) is 3.64. The van der Waals surface area contributed by atoms with Crippen LogP contribution in [0, 0.1) is 0 Å². The van der Waals surface area contributed by atoms with E-state index >= 15 is 0 Å². The number of halogens is 1. The standard InChI is InChI=1S/C17H19FN2O2/c18-13-8-20(9-16(13)21)17(22)10-5-6-12-11-3-1-2-4-14(11)19-15(12)7-10/h5-7,13,16,19,21H,1-4,8-9H2/t13-,16-/m0/s1. The lowest BCUT2D eigenvalue weighted by Gasteiger charge is -2.15. The summed E-state index contributed by atoms with van der Waals surface area (Å²) >= 11 is 0. The molecule has 22 heavy (non-hydrogen) atoms. The van der Waals surface area contributed by atoms with Crippen molar-refractivity contribution in [3.05, 3.63) is 35.0 Å². The Kier molecular flexibility index (Phi) is 3.18. The molecule has 1 aromatic heterocycles. The third-order valence-electron chi connectivity index (χ3n) is 4.85. The number of benzene rings is 1. The summed E-state index contributed by atoms with van der Waals surface area (Å²) in [5.74, 6) is -0.214. The number of hydrogen-bond donors (Lipinski definition) is 2. The number of β-amino-alcohol motifs (C(OH)–C–C–N with tert-alkyl or cyclic N) is 1. The molecule has 2 aliphatic rings. The fraction of sp³-hybridized carbons (Fsp3) is 0.471. The SMILES string of the molecule is O=C(c1ccc2c3c([nH]c2c1)CCCC3)N1C[C@H](O)[C@@H](F)C1. The van der Waals surface area contributed by atoms with Crippen LogP contribution in [0.4, 0.5) is 4.39 Å². The first-order valence-electron chi connectivity index (χ1n) is 7.88. The minimum absolute atomic E-state index is 0.0285. The number of aryl methyl sites for hydroxylation is 2. The number of aliphatic hydroxyl groups is 1. The largest absolute Gasteiger partial charge is 0.388 e. The maximum Gasteiger partial charge on any atom is 0.254 e. The van der Waals surface area contributed by atoms with Crippen molar-refractivity contribution in [1.29, 1.82) is 0 Å². The molecule has 2 heterocycles. The minimum Gasteiger partial charge on any atom is -0.388 e. The first-order valence-corrected chi connectivity index (χ1v) is 7.88. The van der Waals surface area contributed by atoms with Gasteiger partial charge in [-0.2, -0.15) is 0 Å². The van der Waals surface area contributed by atoms with Crippen molar-refractivity contribution >= 4 is 16.8 Å². The maximum atomic E-state index is 13.4. The van der Waals surface area contributed by atoms with E-state index in [1.807, 2.05) is 18.2 Å². The number of likely N-dealkylation sites (tertiary alicyclic amines) is 1. The Balaban J connectivity index is 1.67. The second kappa shape index (κ2) is 5.09. The molecule has 2 atom stereocenters. The van der Waals surface area contributed by atoms with Crippen molar-refractivity contribution in [2.24, 2.45) is 0 Å². The molecule has 1 amide bonds. The van der Waals surface area contributed by atoms with E-state index < -0.39 is 12.3 Å². The highest BCUT2D eigenvalue weighted by Gasteiger charge is 2.34. The highest BCUT2D eigenvalue weighted by atomic mass is 19.1. The average Bonchev–Trinajstić information content (AvgIpc) is 3.06. The summed E-state index contributed by atoms with van der Waals surface area (Å²) in [6.07, 6.45) is 2.16. The molecule has 116 valence electrons. The van der Waals surface area contributed by atoms with Gasteiger partial charge in [0.05, 0.1) is 6.54 Å². The van der Waals surface area contributed by atoms with Gasteiger partial charge >= 0.3 is 0 Å². The van der Waals surface area contributed by atoms with Gasteiger partial charge in [-0.05, 0) is 43.4 Å². The molecule has 4 rings (SSSR count). The highest BCUT2D eigenvalue weighted by molar-refractivity contribution is 5.99. The van der Waals surface area contributed by atoms with Crippen LogP contribution in [0.15, 0.2) is 18.2 Å². The lowest BCUT2D eigenvalue weighted by molar-refractivity contribution is 0.0764. The lowest BCUT2D eigenvalue weighted by Crippen LogP contribution is -2.29. The van der Waals surface area contributed by atoms with E-state index in [1.54, 1.807) is 0 Å². The summed E-state index contributed by atoms with van der Waals surface area (Å²) < 4.78 is 13.4. The Labute approximate surface area is 127 Å². The second-order valence-corrected chi connectivity index (χ2v) is 6.34. The van der Waals surface area contributed by atoms with Crippen LogP contribution >= 0.6 is 0 Å². The summed E-state index contributed by atoms with van der Waals surface area (Å²) in [4.78, 5) is 17.3. The maximum absolute atomic E-state index is 13.4. The fourth-order valence-corrected chi connectivity index (χ4v) is 3.64. The van der Waals surface area contributed by atoms with Crippen LogP contribution in [-0.2, 0) is 12.8 Å². The summed E-state index contributed by atoms with van der Waals surface area (Å²) in [7, 11) is 0. The molecule has 0 unspecified atom stereocenters. The van der Waals surface area contributed by atoms with Gasteiger partial charge in [-0.15, -0.1) is 0 Å². The van der Waals surface area contributed by atoms with Gasteiger partial charge in [0.15, 0.2) is 0 Å². The number of nitrogens with one attached hydrogen (secondary N) is 1. The zero-order chi connectivity index (χ0) is 15.3. The molecule has 2 N–H and O–H groups in total. The molecule has 0 saturated carbocycles. The van der Waals surface area contributed by atoms with Crippen molar-refractivity contribution < 1.29 is 14.3 Å². The number of nitrogens with zero attached hydrogens (tertiary/aromatic N) is 1. The number of hydrogen-bond acceptors (Lipinski definition) is 2. The first-order chi connectivity index (χ1) is 10.6. The molecule has 2 aromatic rings. The quantitative estimate of drug-likeness (QED) is 0.848. The molecule has 4 nitrogen and oxygen atoms in total. The normalized spacial score (nSPS) is 24.7. The molecule has 5 heteroatoms. The number of aromatic amines is 1. The number of alkyl halides is 1. The van der Waals surface area contributed by atoms with Crippen LogP contribution < -0.4 is 0 Å². The van der Waals surface area contributed by atoms with Crippen molar-refractivity contribution in [3.8, 4) is 0 Å². The van der Waals surface area contributed by atoms with Crippen LogP contribution in [0.2, 0.25) is 0 Å². The van der Waals surface area contributed by atoms with E-state index in [2.05, 4.69) is 4.98 Å². The number of aromatic nitrogens is 1. The van der Waals surface area contributed by atoms with Crippen molar-refractivity contribution in [3.63, 3.8) is 0 Å². The highest BCUT2D eigenvalue weighted by Crippen LogP contribution is 2.30. The zero-order valence-corrected chi connectivity index (χ0v) is 12.3. The van der Waals surface area contributed by atoms with Crippen molar-refractivity contribution in [2.75, 3.05) is 13.1 Å². The second-order valence-electron chi connectivity index (χ2n) is 6.34. The van der Waals surface area contributed by atoms with Crippen LogP contribution in [-0.4, -0.2) is 46.3 Å². The monoisotopic (exact) mass is 302 g/mol. The molecule has 1 fully saturated rings. The summed E-state index contributed by atoms with van der Waals surface area (Å²) in [6.45, 7) is 0.0402. The summed E-state index contributed by atoms with van der Waals surface area (Å²) in [5, 5.41) is 10.7. The predicted octanol–water partition coefficient (Wildman–Crippen LogP) is 2.20. The number of rotatable bonds is 1. The Morgan fingerprint density at radius 1 is 1.27 bits per heavy atom. The molecule has 0 radical (unpaired) electrons. The molecule has 1 saturated heterocycles. The van der Waals surface area contributed by atoms with E-state index in [1.165, 1.54) is 34.4 Å². The van der Waals surface area contributed by atoms with Gasteiger partial charge in [0.25, 0.3) is 5.91 Å². The van der Waals surface area contributed by atoms with E-state index in [0.717, 1.165) is 18.4 Å². The van der Waals surface area contributed by atoms with Gasteiger partial charge in [0, 0.05) is 28.7 Å². The third-order valence-corrected chi connectivity index (χ3v) is 4.85. The Bertz CT molecular complexity index is 730. The molecular formula is C17H19FN2O2. The van der Waals surface area contributed by atoms with E-state index in [-0.39, 0.29) is 19.0 Å². The summed E-state index contributed by atoms with van der Waals surface area (Å²) in [5.41, 5.74) is 4.19. The van der Waals surface area contributed by atoms with Crippen molar-refractivity contribution in [1.82, 2.24) is 9.88 Å². The van der Waals surface area contributed by atoms with Crippen LogP contribution in [0.1, 0.15) is 34.5 Å².